The van der Waals surface area contributed by atoms with Gasteiger partial charge in [0.15, 0.2) is 5.82 Å². The third kappa shape index (κ3) is 2.57. The maximum atomic E-state index is 13.9. The number of phenols is 1. The van der Waals surface area contributed by atoms with Crippen LogP contribution in [0.15, 0.2) is 30.6 Å². The van der Waals surface area contributed by atoms with Crippen LogP contribution < -0.4 is 5.32 Å². The predicted molar refractivity (Wildman–Crippen MR) is 78.9 cm³/mol. The molecule has 0 atom stereocenters. The van der Waals surface area contributed by atoms with Gasteiger partial charge in [-0.3, -0.25) is 4.98 Å². The van der Waals surface area contributed by atoms with Gasteiger partial charge in [-0.25, -0.2) is 4.39 Å². The molecular formula is C15H10F4N4O. The molecule has 0 saturated carbocycles. The standard InChI is InChI=1S/C15H10F4N4O/c1-20-14-9-6-21-3-2-7(9)13(22-23-14)8-4-11(16)10(5-12(8)24)15(17,18)19/h2-6,24H,1H3,(H,20,23). The number of hydrogen-bond acceptors (Lipinski definition) is 5. The number of fused-ring (bicyclic) bond motifs is 1. The van der Waals surface area contributed by atoms with Crippen molar-refractivity contribution in [2.45, 2.75) is 6.18 Å². The molecule has 3 aromatic rings. The first-order valence-electron chi connectivity index (χ1n) is 6.71. The summed E-state index contributed by atoms with van der Waals surface area (Å²) in [6.45, 7) is 0. The van der Waals surface area contributed by atoms with Crippen molar-refractivity contribution in [3.63, 3.8) is 0 Å². The molecule has 2 aromatic heterocycles. The maximum Gasteiger partial charge on any atom is 0.419 e. The second-order valence-corrected chi connectivity index (χ2v) is 4.92. The molecule has 2 heterocycles. The predicted octanol–water partition coefficient (Wildman–Crippen LogP) is 3.60. The fraction of sp³-hybridized carbons (Fsp3) is 0.133. The van der Waals surface area contributed by atoms with Gasteiger partial charge < -0.3 is 10.4 Å². The van der Waals surface area contributed by atoms with Gasteiger partial charge >= 0.3 is 6.18 Å². The van der Waals surface area contributed by atoms with Crippen molar-refractivity contribution in [3.05, 3.63) is 42.0 Å². The summed E-state index contributed by atoms with van der Waals surface area (Å²) in [5.41, 5.74) is -1.68. The molecule has 0 saturated heterocycles. The van der Waals surface area contributed by atoms with E-state index >= 15 is 0 Å². The number of nitrogens with zero attached hydrogens (tertiary/aromatic N) is 3. The summed E-state index contributed by atoms with van der Waals surface area (Å²) in [6, 6.07) is 2.49. The Morgan fingerprint density at radius 2 is 1.88 bits per heavy atom. The van der Waals surface area contributed by atoms with Gasteiger partial charge in [0.1, 0.15) is 17.3 Å². The van der Waals surface area contributed by atoms with Gasteiger partial charge in [-0.1, -0.05) is 0 Å². The monoisotopic (exact) mass is 338 g/mol. The fourth-order valence-corrected chi connectivity index (χ4v) is 2.35. The Morgan fingerprint density at radius 3 is 2.54 bits per heavy atom. The topological polar surface area (TPSA) is 70.9 Å². The minimum Gasteiger partial charge on any atom is -0.507 e. The number of alkyl halides is 3. The minimum atomic E-state index is -4.91. The van der Waals surface area contributed by atoms with Crippen LogP contribution >= 0.6 is 0 Å². The molecule has 0 aliphatic heterocycles. The smallest absolute Gasteiger partial charge is 0.419 e. The van der Waals surface area contributed by atoms with Crippen LogP contribution in [0.1, 0.15) is 5.56 Å². The van der Waals surface area contributed by atoms with E-state index in [4.69, 9.17) is 0 Å². The van der Waals surface area contributed by atoms with Crippen LogP contribution in [0.4, 0.5) is 23.4 Å². The molecule has 124 valence electrons. The van der Waals surface area contributed by atoms with E-state index in [1.165, 1.54) is 12.4 Å². The average Bonchev–Trinajstić information content (AvgIpc) is 2.54. The Morgan fingerprint density at radius 1 is 1.12 bits per heavy atom. The molecule has 9 heteroatoms. The number of nitrogens with one attached hydrogen (secondary N) is 1. The molecule has 24 heavy (non-hydrogen) atoms. The fourth-order valence-electron chi connectivity index (χ4n) is 2.35. The quantitative estimate of drug-likeness (QED) is 0.699. The molecule has 3 rings (SSSR count). The number of aromatic hydroxyl groups is 1. The molecule has 0 unspecified atom stereocenters. The summed E-state index contributed by atoms with van der Waals surface area (Å²) < 4.78 is 52.0. The number of rotatable bonds is 2. The van der Waals surface area contributed by atoms with E-state index in [1.807, 2.05) is 0 Å². The van der Waals surface area contributed by atoms with E-state index in [9.17, 15) is 22.7 Å². The van der Waals surface area contributed by atoms with Gasteiger partial charge in [0.2, 0.25) is 0 Å². The molecule has 0 fully saturated rings. The van der Waals surface area contributed by atoms with Crippen molar-refractivity contribution in [2.24, 2.45) is 0 Å². The van der Waals surface area contributed by atoms with Crippen LogP contribution in [0.2, 0.25) is 0 Å². The number of pyridine rings is 1. The van der Waals surface area contributed by atoms with Gasteiger partial charge in [0.25, 0.3) is 0 Å². The van der Waals surface area contributed by atoms with Crippen molar-refractivity contribution in [1.29, 1.82) is 0 Å². The third-order valence-corrected chi connectivity index (χ3v) is 3.46. The lowest BCUT2D eigenvalue weighted by molar-refractivity contribution is -0.140. The highest BCUT2D eigenvalue weighted by molar-refractivity contribution is 6.00. The van der Waals surface area contributed by atoms with Crippen molar-refractivity contribution in [2.75, 3.05) is 12.4 Å². The van der Waals surface area contributed by atoms with Crippen LogP contribution in [0.25, 0.3) is 22.0 Å². The van der Waals surface area contributed by atoms with Gasteiger partial charge in [-0.05, 0) is 18.2 Å². The average molecular weight is 338 g/mol. The lowest BCUT2D eigenvalue weighted by Gasteiger charge is -2.13. The molecule has 2 N–H and O–H groups in total. The molecule has 0 aliphatic rings. The highest BCUT2D eigenvalue weighted by atomic mass is 19.4. The van der Waals surface area contributed by atoms with E-state index in [0.717, 1.165) is 0 Å². The summed E-state index contributed by atoms with van der Waals surface area (Å²) >= 11 is 0. The Kier molecular flexibility index (Phi) is 3.70. The van der Waals surface area contributed by atoms with E-state index in [1.54, 1.807) is 13.1 Å². The zero-order chi connectivity index (χ0) is 17.5. The van der Waals surface area contributed by atoms with Crippen LogP contribution in [0.5, 0.6) is 5.75 Å². The first-order valence-corrected chi connectivity index (χ1v) is 6.71. The second kappa shape index (κ2) is 5.59. The molecule has 0 amide bonds. The van der Waals surface area contributed by atoms with Crippen molar-refractivity contribution in [1.82, 2.24) is 15.2 Å². The van der Waals surface area contributed by atoms with Crippen LogP contribution in [0, 0.1) is 5.82 Å². The third-order valence-electron chi connectivity index (χ3n) is 3.46. The molecular weight excluding hydrogens is 328 g/mol. The lowest BCUT2D eigenvalue weighted by Crippen LogP contribution is -2.08. The number of benzene rings is 1. The Bertz CT molecular complexity index is 927. The molecule has 5 nitrogen and oxygen atoms in total. The summed E-state index contributed by atoms with van der Waals surface area (Å²) in [5.74, 6) is -1.85. The molecule has 0 aliphatic carbocycles. The van der Waals surface area contributed by atoms with Crippen molar-refractivity contribution >= 4 is 16.6 Å². The van der Waals surface area contributed by atoms with Crippen molar-refractivity contribution in [3.8, 4) is 17.0 Å². The van der Waals surface area contributed by atoms with Crippen molar-refractivity contribution < 1.29 is 22.7 Å². The van der Waals surface area contributed by atoms with Gasteiger partial charge in [0, 0.05) is 35.8 Å². The number of aromatic nitrogens is 3. The maximum absolute atomic E-state index is 13.9. The summed E-state index contributed by atoms with van der Waals surface area (Å²) in [6.07, 6.45) is -1.98. The van der Waals surface area contributed by atoms with Crippen LogP contribution in [0.3, 0.4) is 0 Å². The number of phenolic OH excluding ortho intramolecular Hbond substituents is 1. The Balaban J connectivity index is 2.28. The largest absolute Gasteiger partial charge is 0.507 e. The number of anilines is 1. The van der Waals surface area contributed by atoms with E-state index in [2.05, 4.69) is 20.5 Å². The van der Waals surface area contributed by atoms with Gasteiger partial charge in [0.05, 0.1) is 5.56 Å². The van der Waals surface area contributed by atoms with E-state index in [-0.39, 0.29) is 11.3 Å². The first-order chi connectivity index (χ1) is 11.3. The molecule has 0 bridgehead atoms. The SMILES string of the molecule is CNc1nnc(-c2cc(F)c(C(F)(F)F)cc2O)c2ccncc12. The molecule has 1 aromatic carbocycles. The van der Waals surface area contributed by atoms with E-state index < -0.39 is 23.3 Å². The van der Waals surface area contributed by atoms with Gasteiger partial charge in [-0.15, -0.1) is 10.2 Å². The Hall–Kier alpha value is -2.97. The lowest BCUT2D eigenvalue weighted by atomic mass is 10.0. The normalized spacial score (nSPS) is 11.7. The van der Waals surface area contributed by atoms with E-state index in [0.29, 0.717) is 28.7 Å². The summed E-state index contributed by atoms with van der Waals surface area (Å²) in [4.78, 5) is 3.95. The zero-order valence-electron chi connectivity index (χ0n) is 12.2. The Labute approximate surface area is 133 Å². The summed E-state index contributed by atoms with van der Waals surface area (Å²) in [7, 11) is 1.62. The van der Waals surface area contributed by atoms with Crippen LogP contribution in [-0.2, 0) is 6.18 Å². The minimum absolute atomic E-state index is 0.0523. The highest BCUT2D eigenvalue weighted by Gasteiger charge is 2.35. The zero-order valence-corrected chi connectivity index (χ0v) is 12.2. The molecule has 0 radical (unpaired) electrons. The molecule has 0 spiro atoms. The number of hydrogen-bond donors (Lipinski definition) is 2. The highest BCUT2D eigenvalue weighted by Crippen LogP contribution is 2.40. The van der Waals surface area contributed by atoms with Gasteiger partial charge in [-0.2, -0.15) is 13.2 Å². The first kappa shape index (κ1) is 15.9. The summed E-state index contributed by atoms with van der Waals surface area (Å²) in [5, 5.41) is 21.5. The number of halogens is 4. The van der Waals surface area contributed by atoms with Crippen LogP contribution in [-0.4, -0.2) is 27.3 Å². The second-order valence-electron chi connectivity index (χ2n) is 4.92.